The van der Waals surface area contributed by atoms with Crippen molar-refractivity contribution in [2.75, 3.05) is 32.7 Å². The summed E-state index contributed by atoms with van der Waals surface area (Å²) in [6, 6.07) is 10.6. The molecule has 2 aromatic carbocycles. The second-order valence-corrected chi connectivity index (χ2v) is 7.49. The van der Waals surface area contributed by atoms with Gasteiger partial charge in [-0.05, 0) is 50.1 Å². The van der Waals surface area contributed by atoms with Crippen molar-refractivity contribution >= 4 is 23.1 Å². The Labute approximate surface area is 186 Å². The Balaban J connectivity index is 1.93. The van der Waals surface area contributed by atoms with Crippen molar-refractivity contribution in [2.45, 2.75) is 26.4 Å². The van der Waals surface area contributed by atoms with E-state index in [0.29, 0.717) is 35.8 Å². The summed E-state index contributed by atoms with van der Waals surface area (Å²) in [6.07, 6.45) is 0.575. The van der Waals surface area contributed by atoms with E-state index in [4.69, 9.17) is 14.2 Å². The van der Waals surface area contributed by atoms with Crippen LogP contribution in [0.15, 0.2) is 48.2 Å². The minimum Gasteiger partial charge on any atom is -0.493 e. The summed E-state index contributed by atoms with van der Waals surface area (Å²) >= 11 is 0. The molecule has 170 valence electrons. The lowest BCUT2D eigenvalue weighted by atomic mass is 10.0. The maximum atomic E-state index is 13.5. The molecule has 0 saturated carbocycles. The number of anilines is 1. The summed E-state index contributed by atoms with van der Waals surface area (Å²) < 4.78 is 29.5. The van der Waals surface area contributed by atoms with Gasteiger partial charge in [-0.2, -0.15) is 0 Å². The lowest BCUT2D eigenvalue weighted by Crippen LogP contribution is -2.34. The molecule has 1 heterocycles. The number of amides is 2. The number of imide groups is 1. The number of hydrogen-bond donors (Lipinski definition) is 1. The first-order valence-electron chi connectivity index (χ1n) is 10.3. The van der Waals surface area contributed by atoms with E-state index in [1.165, 1.54) is 43.4 Å². The fourth-order valence-electron chi connectivity index (χ4n) is 3.38. The summed E-state index contributed by atoms with van der Waals surface area (Å²) in [7, 11) is 3.04. The molecule has 2 amide bonds. The number of hydrogen-bond acceptors (Lipinski definition) is 6. The van der Waals surface area contributed by atoms with Crippen LogP contribution in [0.25, 0.3) is 5.57 Å². The highest BCUT2D eigenvalue weighted by Crippen LogP contribution is 2.34. The van der Waals surface area contributed by atoms with Crippen LogP contribution in [-0.2, 0) is 14.3 Å². The average Bonchev–Trinajstić information content (AvgIpc) is 3.01. The molecule has 0 unspecified atom stereocenters. The van der Waals surface area contributed by atoms with Crippen LogP contribution < -0.4 is 14.8 Å². The number of rotatable bonds is 10. The van der Waals surface area contributed by atoms with Gasteiger partial charge in [-0.3, -0.25) is 14.5 Å². The Morgan fingerprint density at radius 3 is 2.28 bits per heavy atom. The molecule has 0 atom stereocenters. The van der Waals surface area contributed by atoms with E-state index in [-0.39, 0.29) is 23.9 Å². The van der Waals surface area contributed by atoms with Crippen molar-refractivity contribution in [3.8, 4) is 11.5 Å². The monoisotopic (exact) mass is 442 g/mol. The molecule has 0 aliphatic carbocycles. The van der Waals surface area contributed by atoms with Gasteiger partial charge < -0.3 is 19.5 Å². The molecule has 1 N–H and O–H groups in total. The zero-order chi connectivity index (χ0) is 23.3. The third kappa shape index (κ3) is 5.08. The van der Waals surface area contributed by atoms with Gasteiger partial charge in [0.2, 0.25) is 0 Å². The molecule has 0 aromatic heterocycles. The molecule has 3 rings (SSSR count). The topological polar surface area (TPSA) is 77.1 Å². The summed E-state index contributed by atoms with van der Waals surface area (Å²) in [5.41, 5.74) is 1.31. The number of nitrogens with zero attached hydrogens (tertiary/aromatic N) is 1. The zero-order valence-corrected chi connectivity index (χ0v) is 18.6. The number of carbonyl (C=O) groups is 2. The van der Waals surface area contributed by atoms with E-state index in [2.05, 4.69) is 5.32 Å². The van der Waals surface area contributed by atoms with Gasteiger partial charge in [0, 0.05) is 24.9 Å². The first-order valence-corrected chi connectivity index (χ1v) is 10.3. The predicted octanol–water partition coefficient (Wildman–Crippen LogP) is 3.85. The number of ether oxygens (including phenoxy) is 3. The van der Waals surface area contributed by atoms with Crippen LogP contribution in [-0.4, -0.2) is 50.2 Å². The van der Waals surface area contributed by atoms with Crippen molar-refractivity contribution in [3.05, 3.63) is 59.5 Å². The van der Waals surface area contributed by atoms with Crippen LogP contribution >= 0.6 is 0 Å². The Morgan fingerprint density at radius 1 is 0.969 bits per heavy atom. The van der Waals surface area contributed by atoms with Gasteiger partial charge >= 0.3 is 0 Å². The Bertz CT molecular complexity index is 1020. The minimum atomic E-state index is -0.450. The molecule has 8 heteroatoms. The maximum Gasteiger partial charge on any atom is 0.278 e. The predicted molar refractivity (Wildman–Crippen MR) is 119 cm³/mol. The van der Waals surface area contributed by atoms with Crippen LogP contribution in [0.1, 0.15) is 25.8 Å². The van der Waals surface area contributed by atoms with E-state index in [1.807, 2.05) is 13.8 Å². The summed E-state index contributed by atoms with van der Waals surface area (Å²) in [5, 5.41) is 3.06. The van der Waals surface area contributed by atoms with E-state index < -0.39 is 17.6 Å². The van der Waals surface area contributed by atoms with E-state index in [9.17, 15) is 14.0 Å². The number of methoxy groups -OCH3 is 2. The second kappa shape index (κ2) is 10.3. The van der Waals surface area contributed by atoms with Gasteiger partial charge in [0.05, 0.1) is 25.9 Å². The van der Waals surface area contributed by atoms with E-state index >= 15 is 0 Å². The van der Waals surface area contributed by atoms with Gasteiger partial charge in [-0.1, -0.05) is 12.1 Å². The lowest BCUT2D eigenvalue weighted by Gasteiger charge is -2.16. The van der Waals surface area contributed by atoms with Gasteiger partial charge in [0.1, 0.15) is 11.5 Å². The van der Waals surface area contributed by atoms with Crippen LogP contribution in [0.4, 0.5) is 10.1 Å². The van der Waals surface area contributed by atoms with Crippen LogP contribution in [0.3, 0.4) is 0 Å². The summed E-state index contributed by atoms with van der Waals surface area (Å²) in [5.74, 6) is -0.307. The minimum absolute atomic E-state index is 0.0650. The quantitative estimate of drug-likeness (QED) is 0.445. The molecule has 0 spiro atoms. The van der Waals surface area contributed by atoms with E-state index in [1.54, 1.807) is 18.2 Å². The SMILES string of the molecule is COc1ccc(NC2=C(c3ccc(F)cc3)C(=O)N(CCCOC(C)C)C2=O)cc1OC. The molecule has 32 heavy (non-hydrogen) atoms. The van der Waals surface area contributed by atoms with Crippen LogP contribution in [0.5, 0.6) is 11.5 Å². The summed E-state index contributed by atoms with van der Waals surface area (Å²) in [4.78, 5) is 27.6. The highest BCUT2D eigenvalue weighted by molar-refractivity contribution is 6.36. The smallest absolute Gasteiger partial charge is 0.278 e. The number of nitrogens with one attached hydrogen (secondary N) is 1. The number of benzene rings is 2. The fraction of sp³-hybridized carbons (Fsp3) is 0.333. The largest absolute Gasteiger partial charge is 0.493 e. The Hall–Kier alpha value is -3.39. The average molecular weight is 442 g/mol. The molecule has 0 fully saturated rings. The molecular weight excluding hydrogens is 415 g/mol. The standard InChI is InChI=1S/C24H27FN2O5/c1-15(2)32-13-5-12-27-23(28)21(16-6-8-17(25)9-7-16)22(24(27)29)26-18-10-11-19(30-3)20(14-18)31-4/h6-11,14-15,26H,5,12-13H2,1-4H3. The third-order valence-electron chi connectivity index (χ3n) is 4.93. The maximum absolute atomic E-state index is 13.5. The van der Waals surface area contributed by atoms with Crippen LogP contribution in [0, 0.1) is 5.82 Å². The molecule has 0 bridgehead atoms. The number of halogens is 1. The highest BCUT2D eigenvalue weighted by Gasteiger charge is 2.39. The molecule has 0 saturated heterocycles. The summed E-state index contributed by atoms with van der Waals surface area (Å²) in [6.45, 7) is 4.49. The van der Waals surface area contributed by atoms with E-state index in [0.717, 1.165) is 0 Å². The normalized spacial score (nSPS) is 13.9. The molecule has 0 radical (unpaired) electrons. The first kappa shape index (κ1) is 23.3. The highest BCUT2D eigenvalue weighted by atomic mass is 19.1. The van der Waals surface area contributed by atoms with Crippen molar-refractivity contribution in [2.24, 2.45) is 0 Å². The lowest BCUT2D eigenvalue weighted by molar-refractivity contribution is -0.137. The van der Waals surface area contributed by atoms with Gasteiger partial charge in [0.15, 0.2) is 11.5 Å². The Morgan fingerprint density at radius 2 is 1.66 bits per heavy atom. The molecular formula is C24H27FN2O5. The molecule has 1 aliphatic heterocycles. The van der Waals surface area contributed by atoms with Crippen molar-refractivity contribution in [3.63, 3.8) is 0 Å². The zero-order valence-electron chi connectivity index (χ0n) is 18.6. The van der Waals surface area contributed by atoms with Crippen molar-refractivity contribution in [1.29, 1.82) is 0 Å². The van der Waals surface area contributed by atoms with Gasteiger partial charge in [0.25, 0.3) is 11.8 Å². The second-order valence-electron chi connectivity index (χ2n) is 7.49. The Kier molecular flexibility index (Phi) is 7.48. The van der Waals surface area contributed by atoms with Crippen LogP contribution in [0.2, 0.25) is 0 Å². The number of carbonyl (C=O) groups excluding carboxylic acids is 2. The molecule has 1 aliphatic rings. The molecule has 2 aromatic rings. The van der Waals surface area contributed by atoms with Gasteiger partial charge in [-0.15, -0.1) is 0 Å². The fourth-order valence-corrected chi connectivity index (χ4v) is 3.38. The van der Waals surface area contributed by atoms with Crippen molar-refractivity contribution < 1.29 is 28.2 Å². The van der Waals surface area contributed by atoms with Crippen molar-refractivity contribution in [1.82, 2.24) is 4.90 Å². The molecule has 7 nitrogen and oxygen atoms in total. The first-order chi connectivity index (χ1) is 15.3. The third-order valence-corrected chi connectivity index (χ3v) is 4.93. The van der Waals surface area contributed by atoms with Gasteiger partial charge in [-0.25, -0.2) is 4.39 Å².